The number of nitrogens with one attached hydrogen (secondary N) is 1. The van der Waals surface area contributed by atoms with Gasteiger partial charge >= 0.3 is 207 Å². The molecule has 1 N–H and O–H groups in total. The van der Waals surface area contributed by atoms with Crippen molar-refractivity contribution in [2.75, 3.05) is 20.2 Å². The van der Waals surface area contributed by atoms with Crippen molar-refractivity contribution in [3.8, 4) is 5.75 Å². The number of rotatable bonds is 8. The van der Waals surface area contributed by atoms with Gasteiger partial charge in [0.15, 0.2) is 0 Å². The minimum atomic E-state index is -4.66. The number of alkyl halides is 3. The number of benzene rings is 1. The van der Waals surface area contributed by atoms with Crippen LogP contribution in [0.15, 0.2) is 40.9 Å². The molecule has 2 aromatic rings. The van der Waals surface area contributed by atoms with Gasteiger partial charge in [-0.1, -0.05) is 0 Å². The summed E-state index contributed by atoms with van der Waals surface area (Å²) in [6.07, 6.45) is -0.155. The van der Waals surface area contributed by atoms with Gasteiger partial charge in [0.1, 0.15) is 0 Å². The van der Waals surface area contributed by atoms with Gasteiger partial charge in [-0.2, -0.15) is 0 Å². The van der Waals surface area contributed by atoms with Gasteiger partial charge in [-0.25, -0.2) is 0 Å². The van der Waals surface area contributed by atoms with Crippen LogP contribution in [-0.2, 0) is 0 Å². The second-order valence-electron chi connectivity index (χ2n) is 7.37. The standard InChI is InChI=1S/C21H22AsClF5N5O/c1-11(21(26,27)28)33-18(22)17(19(23)32-20(33)15-10-30-5-6-31-15)16-13(24)8-12(9-14(16)25)34-7-3-4-29-2/h5-6,8-11,18,29H,3-4,7,22H2,1-2H3/t11-,18?/m0/s1. The first-order chi connectivity index (χ1) is 16.1. The first-order valence-electron chi connectivity index (χ1n) is 10.2. The van der Waals surface area contributed by atoms with Gasteiger partial charge < -0.3 is 0 Å². The van der Waals surface area contributed by atoms with E-state index < -0.39 is 34.2 Å². The third-order valence-electron chi connectivity index (χ3n) is 5.07. The molecule has 13 heteroatoms. The van der Waals surface area contributed by atoms with E-state index in [1.54, 1.807) is 7.05 Å². The number of ether oxygens (including phenoxy) is 1. The van der Waals surface area contributed by atoms with E-state index in [1.807, 2.05) is 0 Å². The fourth-order valence-electron chi connectivity index (χ4n) is 3.37. The quantitative estimate of drug-likeness (QED) is 0.230. The number of hydrogen-bond acceptors (Lipinski definition) is 6. The molecule has 6 nitrogen and oxygen atoms in total. The maximum atomic E-state index is 15.1. The molecule has 0 amide bonds. The Kier molecular flexibility index (Phi) is 8.54. The van der Waals surface area contributed by atoms with Crippen molar-refractivity contribution < 1.29 is 26.7 Å². The molecule has 2 heterocycles. The number of halogens is 6. The number of amidine groups is 1. The van der Waals surface area contributed by atoms with E-state index in [2.05, 4.69) is 20.3 Å². The summed E-state index contributed by atoms with van der Waals surface area (Å²) in [5.74, 6) is -2.26. The molecule has 3 rings (SSSR count). The zero-order chi connectivity index (χ0) is 25.0. The van der Waals surface area contributed by atoms with Crippen molar-refractivity contribution in [1.82, 2.24) is 20.2 Å². The van der Waals surface area contributed by atoms with Crippen LogP contribution in [0.2, 0.25) is 0 Å². The van der Waals surface area contributed by atoms with Gasteiger partial charge in [0, 0.05) is 0 Å². The van der Waals surface area contributed by atoms with Crippen molar-refractivity contribution in [2.45, 2.75) is 30.4 Å². The zero-order valence-electron chi connectivity index (χ0n) is 18.2. The van der Waals surface area contributed by atoms with Crippen LogP contribution < -0.4 is 10.1 Å². The summed E-state index contributed by atoms with van der Waals surface area (Å²) < 4.78 is 76.8. The van der Waals surface area contributed by atoms with Crippen LogP contribution >= 0.6 is 11.6 Å². The van der Waals surface area contributed by atoms with Gasteiger partial charge in [0.2, 0.25) is 0 Å². The summed E-state index contributed by atoms with van der Waals surface area (Å²) in [7, 11) is 1.76. The number of hydrogen-bond donors (Lipinski definition) is 1. The average Bonchev–Trinajstić information content (AvgIpc) is 2.77. The average molecular weight is 566 g/mol. The van der Waals surface area contributed by atoms with Gasteiger partial charge in [-0.15, -0.1) is 0 Å². The molecule has 1 aromatic carbocycles. The van der Waals surface area contributed by atoms with Gasteiger partial charge in [0.05, 0.1) is 0 Å². The molecule has 0 saturated carbocycles. The summed E-state index contributed by atoms with van der Waals surface area (Å²) in [5.41, 5.74) is -0.699. The Morgan fingerprint density at radius 1 is 1.24 bits per heavy atom. The zero-order valence-corrected chi connectivity index (χ0v) is 21.4. The van der Waals surface area contributed by atoms with Crippen LogP contribution in [0, 0.1) is 11.6 Å². The summed E-state index contributed by atoms with van der Waals surface area (Å²) in [5, 5.41) is 2.59. The topological polar surface area (TPSA) is 62.6 Å². The molecule has 0 aliphatic carbocycles. The van der Waals surface area contributed by atoms with Crippen LogP contribution in [-0.4, -0.2) is 74.8 Å². The van der Waals surface area contributed by atoms with E-state index in [4.69, 9.17) is 16.3 Å². The fraction of sp³-hybridized carbons (Fsp3) is 0.381. The van der Waals surface area contributed by atoms with Crippen molar-refractivity contribution in [2.24, 2.45) is 4.99 Å². The second-order valence-corrected chi connectivity index (χ2v) is 9.05. The molecule has 0 fully saturated rings. The SMILES string of the molecule is CNCCCOc1cc(F)c(C2=C(Cl)N=C(c3cnccn3)N([C@@H](C)C(F)(F)F)C2[AsH2])c(F)c1. The fourth-order valence-corrected chi connectivity index (χ4v) is 5.40. The summed E-state index contributed by atoms with van der Waals surface area (Å²) in [4.78, 5) is 11.7. The van der Waals surface area contributed by atoms with Crippen LogP contribution in [0.4, 0.5) is 22.0 Å². The third-order valence-corrected chi connectivity index (χ3v) is 6.74. The van der Waals surface area contributed by atoms with E-state index in [9.17, 15) is 13.2 Å². The molecular weight excluding hydrogens is 544 g/mol. The molecule has 0 spiro atoms. The molecular formula is C21H22AsClF5N5O. The van der Waals surface area contributed by atoms with Crippen molar-refractivity contribution in [1.29, 1.82) is 0 Å². The molecule has 0 radical (unpaired) electrons. The molecule has 1 aromatic heterocycles. The Balaban J connectivity index is 2.08. The Labute approximate surface area is 206 Å². The maximum absolute atomic E-state index is 15.1. The normalized spacial score (nSPS) is 17.6. The molecule has 3 atom stereocenters. The summed E-state index contributed by atoms with van der Waals surface area (Å²) >= 11 is 7.09. The number of aliphatic imine (C=N–C) groups is 1. The van der Waals surface area contributed by atoms with E-state index in [-0.39, 0.29) is 34.6 Å². The minimum absolute atomic E-state index is 0.0372. The van der Waals surface area contributed by atoms with Gasteiger partial charge in [-0.05, 0) is 0 Å². The van der Waals surface area contributed by atoms with Gasteiger partial charge in [-0.3, -0.25) is 0 Å². The predicted octanol–water partition coefficient (Wildman–Crippen LogP) is 3.32. The molecule has 0 bridgehead atoms. The Bertz CT molecular complexity index is 1060. The van der Waals surface area contributed by atoms with Crippen LogP contribution in [0.1, 0.15) is 24.6 Å². The third kappa shape index (κ3) is 5.70. The Hall–Kier alpha value is -2.23. The second kappa shape index (κ2) is 11.0. The summed E-state index contributed by atoms with van der Waals surface area (Å²) in [6.45, 7) is 1.82. The van der Waals surface area contributed by atoms with Crippen LogP contribution in [0.3, 0.4) is 0 Å². The molecule has 1 aliphatic rings. The molecule has 0 saturated heterocycles. The monoisotopic (exact) mass is 565 g/mol. The number of nitrogens with zero attached hydrogens (tertiary/aromatic N) is 4. The van der Waals surface area contributed by atoms with E-state index in [0.717, 1.165) is 40.8 Å². The Morgan fingerprint density at radius 2 is 1.91 bits per heavy atom. The molecule has 34 heavy (non-hydrogen) atoms. The van der Waals surface area contributed by atoms with Crippen LogP contribution in [0.5, 0.6) is 5.75 Å². The van der Waals surface area contributed by atoms with E-state index in [1.165, 1.54) is 18.6 Å². The first kappa shape index (κ1) is 26.4. The first-order valence-corrected chi connectivity index (χ1v) is 12.0. The molecule has 2 unspecified atom stereocenters. The van der Waals surface area contributed by atoms with Crippen molar-refractivity contribution >= 4 is 39.9 Å². The predicted molar refractivity (Wildman–Crippen MR) is 121 cm³/mol. The molecule has 184 valence electrons. The van der Waals surface area contributed by atoms with Crippen molar-refractivity contribution in [3.05, 3.63) is 58.8 Å². The van der Waals surface area contributed by atoms with E-state index in [0.29, 0.717) is 13.0 Å². The Morgan fingerprint density at radius 3 is 2.47 bits per heavy atom. The van der Waals surface area contributed by atoms with Crippen LogP contribution in [0.25, 0.3) is 5.57 Å². The molecule has 1 aliphatic heterocycles. The van der Waals surface area contributed by atoms with Gasteiger partial charge in [0.25, 0.3) is 0 Å². The van der Waals surface area contributed by atoms with Crippen molar-refractivity contribution in [3.63, 3.8) is 0 Å². The van der Waals surface area contributed by atoms with E-state index >= 15 is 8.78 Å². The number of aromatic nitrogens is 2. The summed E-state index contributed by atoms with van der Waals surface area (Å²) in [6, 6.07) is -0.0897.